The van der Waals surface area contributed by atoms with Gasteiger partial charge in [-0.3, -0.25) is 14.5 Å². The van der Waals surface area contributed by atoms with E-state index in [4.69, 9.17) is 0 Å². The Morgan fingerprint density at radius 2 is 1.72 bits per heavy atom. The van der Waals surface area contributed by atoms with Crippen molar-refractivity contribution in [1.29, 1.82) is 0 Å². The zero-order valence-electron chi connectivity index (χ0n) is 18.0. The molecule has 1 heterocycles. The second-order valence-corrected chi connectivity index (χ2v) is 7.84. The van der Waals surface area contributed by atoms with E-state index in [0.717, 1.165) is 52.0 Å². The molecule has 6 heteroatoms. The number of benzene rings is 1. The quantitative estimate of drug-likeness (QED) is 0.596. The van der Waals surface area contributed by atoms with Gasteiger partial charge in [0.05, 0.1) is 0 Å². The molecule has 1 aromatic rings. The van der Waals surface area contributed by atoms with Crippen LogP contribution in [-0.4, -0.2) is 65.8 Å². The van der Waals surface area contributed by atoms with E-state index < -0.39 is 0 Å². The van der Waals surface area contributed by atoms with Crippen LogP contribution in [0.3, 0.4) is 0 Å². The minimum absolute atomic E-state index is 0.128. The van der Waals surface area contributed by atoms with E-state index in [1.807, 2.05) is 21.9 Å². The molecule has 2 rings (SSSR count). The molecule has 0 aliphatic carbocycles. The molecule has 2 amide bonds. The molecule has 0 atom stereocenters. The van der Waals surface area contributed by atoms with Gasteiger partial charge in [0.2, 0.25) is 11.8 Å². The molecule has 1 aromatic carbocycles. The predicted octanol–water partition coefficient (Wildman–Crippen LogP) is 3.68. The molecule has 1 aliphatic rings. The number of carbonyl (C=O) groups excluding carboxylic acids is 2. The van der Waals surface area contributed by atoms with E-state index in [0.29, 0.717) is 37.9 Å². The summed E-state index contributed by atoms with van der Waals surface area (Å²) in [6.45, 7) is 9.34. The van der Waals surface area contributed by atoms with Gasteiger partial charge in [0, 0.05) is 64.2 Å². The minimum Gasteiger partial charge on any atom is -0.343 e. The van der Waals surface area contributed by atoms with E-state index in [9.17, 15) is 14.0 Å². The molecule has 1 saturated heterocycles. The van der Waals surface area contributed by atoms with Gasteiger partial charge in [0.25, 0.3) is 0 Å². The largest absolute Gasteiger partial charge is 0.343 e. The van der Waals surface area contributed by atoms with Crippen molar-refractivity contribution in [2.45, 2.75) is 58.9 Å². The highest BCUT2D eigenvalue weighted by Crippen LogP contribution is 2.13. The number of hydrogen-bond acceptors (Lipinski definition) is 3. The van der Waals surface area contributed by atoms with Crippen molar-refractivity contribution in [3.05, 3.63) is 35.6 Å². The number of nitrogens with zero attached hydrogens (tertiary/aromatic N) is 3. The number of halogens is 1. The minimum atomic E-state index is -0.172. The Labute approximate surface area is 174 Å². The van der Waals surface area contributed by atoms with E-state index in [2.05, 4.69) is 18.7 Å². The van der Waals surface area contributed by atoms with Crippen molar-refractivity contribution >= 4 is 11.8 Å². The average molecular weight is 406 g/mol. The fourth-order valence-corrected chi connectivity index (χ4v) is 3.85. The summed E-state index contributed by atoms with van der Waals surface area (Å²) < 4.78 is 13.9. The maximum atomic E-state index is 13.9. The van der Waals surface area contributed by atoms with Crippen molar-refractivity contribution in [2.75, 3.05) is 39.3 Å². The zero-order chi connectivity index (χ0) is 21.1. The molecule has 0 saturated carbocycles. The van der Waals surface area contributed by atoms with E-state index in [1.165, 1.54) is 6.07 Å². The van der Waals surface area contributed by atoms with Crippen molar-refractivity contribution in [1.82, 2.24) is 14.7 Å². The summed E-state index contributed by atoms with van der Waals surface area (Å²) >= 11 is 0. The first-order valence-corrected chi connectivity index (χ1v) is 11.1. The number of rotatable bonds is 10. The van der Waals surface area contributed by atoms with E-state index in [-0.39, 0.29) is 17.6 Å². The lowest BCUT2D eigenvalue weighted by atomic mass is 10.2. The van der Waals surface area contributed by atoms with Gasteiger partial charge in [-0.05, 0) is 31.7 Å². The molecule has 0 aromatic heterocycles. The zero-order valence-corrected chi connectivity index (χ0v) is 18.0. The molecular weight excluding hydrogens is 369 g/mol. The fourth-order valence-electron chi connectivity index (χ4n) is 3.85. The van der Waals surface area contributed by atoms with Crippen LogP contribution in [0.2, 0.25) is 0 Å². The van der Waals surface area contributed by atoms with Gasteiger partial charge in [-0.2, -0.15) is 0 Å². The van der Waals surface area contributed by atoms with Crippen LogP contribution in [0.25, 0.3) is 0 Å². The van der Waals surface area contributed by atoms with Gasteiger partial charge < -0.3 is 9.80 Å². The number of carbonyl (C=O) groups is 2. The third-order valence-electron chi connectivity index (χ3n) is 5.41. The monoisotopic (exact) mass is 405 g/mol. The Morgan fingerprint density at radius 3 is 2.41 bits per heavy atom. The lowest BCUT2D eigenvalue weighted by Gasteiger charge is -2.23. The van der Waals surface area contributed by atoms with Crippen molar-refractivity contribution in [3.63, 3.8) is 0 Å². The van der Waals surface area contributed by atoms with Gasteiger partial charge in [0.1, 0.15) is 5.82 Å². The van der Waals surface area contributed by atoms with Gasteiger partial charge >= 0.3 is 0 Å². The number of amides is 2. The second-order valence-electron chi connectivity index (χ2n) is 7.84. The van der Waals surface area contributed by atoms with Crippen LogP contribution in [0.4, 0.5) is 4.39 Å². The Morgan fingerprint density at radius 1 is 1.00 bits per heavy atom. The molecular formula is C23H36FN3O2. The van der Waals surface area contributed by atoms with Crippen molar-refractivity contribution in [3.8, 4) is 0 Å². The van der Waals surface area contributed by atoms with Crippen LogP contribution in [-0.2, 0) is 16.1 Å². The summed E-state index contributed by atoms with van der Waals surface area (Å²) in [6.07, 6.45) is 4.28. The standard InChI is InChI=1S/C23H36FN3O2/c1-3-13-26(14-4-2)22(28)11-7-12-23(29)27-16-8-15-25(17-18-27)19-20-9-5-6-10-21(20)24/h5-6,9-10H,3-4,7-8,11-19H2,1-2H3. The van der Waals surface area contributed by atoms with Crippen LogP contribution < -0.4 is 0 Å². The fraction of sp³-hybridized carbons (Fsp3) is 0.652. The Hall–Kier alpha value is -1.95. The van der Waals surface area contributed by atoms with Crippen LogP contribution in [0.5, 0.6) is 0 Å². The Balaban J connectivity index is 1.74. The SMILES string of the molecule is CCCN(CCC)C(=O)CCCC(=O)N1CCCN(Cc2ccccc2F)CC1. The molecule has 1 aliphatic heterocycles. The third-order valence-corrected chi connectivity index (χ3v) is 5.41. The molecule has 0 radical (unpaired) electrons. The van der Waals surface area contributed by atoms with E-state index in [1.54, 1.807) is 6.07 Å². The van der Waals surface area contributed by atoms with Gasteiger partial charge in [0.15, 0.2) is 0 Å². The highest BCUT2D eigenvalue weighted by atomic mass is 19.1. The summed E-state index contributed by atoms with van der Waals surface area (Å²) in [6, 6.07) is 6.87. The van der Waals surface area contributed by atoms with Crippen LogP contribution in [0, 0.1) is 5.82 Å². The van der Waals surface area contributed by atoms with Crippen LogP contribution in [0.15, 0.2) is 24.3 Å². The summed E-state index contributed by atoms with van der Waals surface area (Å²) in [5.41, 5.74) is 0.703. The first-order valence-electron chi connectivity index (χ1n) is 11.1. The van der Waals surface area contributed by atoms with Crippen LogP contribution >= 0.6 is 0 Å². The summed E-state index contributed by atoms with van der Waals surface area (Å²) in [7, 11) is 0. The first kappa shape index (κ1) is 23.3. The lowest BCUT2D eigenvalue weighted by Crippen LogP contribution is -2.35. The summed E-state index contributed by atoms with van der Waals surface area (Å²) in [4.78, 5) is 31.0. The molecule has 29 heavy (non-hydrogen) atoms. The van der Waals surface area contributed by atoms with Gasteiger partial charge in [-0.1, -0.05) is 32.0 Å². The molecule has 0 spiro atoms. The average Bonchev–Trinajstić information content (AvgIpc) is 2.95. The highest BCUT2D eigenvalue weighted by molar-refractivity contribution is 5.79. The van der Waals surface area contributed by atoms with Crippen LogP contribution in [0.1, 0.15) is 57.9 Å². The first-order chi connectivity index (χ1) is 14.0. The summed E-state index contributed by atoms with van der Waals surface area (Å²) in [5, 5.41) is 0. The predicted molar refractivity (Wildman–Crippen MR) is 114 cm³/mol. The molecule has 1 fully saturated rings. The van der Waals surface area contributed by atoms with Crippen molar-refractivity contribution in [2.24, 2.45) is 0 Å². The van der Waals surface area contributed by atoms with Gasteiger partial charge in [-0.15, -0.1) is 0 Å². The summed E-state index contributed by atoms with van der Waals surface area (Å²) in [5.74, 6) is 0.117. The Bertz CT molecular complexity index is 647. The maximum Gasteiger partial charge on any atom is 0.222 e. The third kappa shape index (κ3) is 7.77. The number of hydrogen-bond donors (Lipinski definition) is 0. The highest BCUT2D eigenvalue weighted by Gasteiger charge is 2.20. The van der Waals surface area contributed by atoms with Crippen molar-refractivity contribution < 1.29 is 14.0 Å². The Kier molecular flexibility index (Phi) is 10.1. The normalized spacial score (nSPS) is 15.2. The lowest BCUT2D eigenvalue weighted by molar-refractivity contribution is -0.132. The molecule has 0 bridgehead atoms. The molecule has 0 unspecified atom stereocenters. The smallest absolute Gasteiger partial charge is 0.222 e. The molecule has 162 valence electrons. The van der Waals surface area contributed by atoms with Gasteiger partial charge in [-0.25, -0.2) is 4.39 Å². The van der Waals surface area contributed by atoms with E-state index >= 15 is 0 Å². The topological polar surface area (TPSA) is 43.9 Å². The molecule has 5 nitrogen and oxygen atoms in total. The molecule has 0 N–H and O–H groups in total. The maximum absolute atomic E-state index is 13.9. The second kappa shape index (κ2) is 12.6.